The highest BCUT2D eigenvalue weighted by atomic mass is 35.5. The fraction of sp³-hybridized carbons (Fsp3) is 0.333. The van der Waals surface area contributed by atoms with Crippen LogP contribution in [0.4, 0.5) is 0 Å². The Bertz CT molecular complexity index is 724. The first-order valence-corrected chi connectivity index (χ1v) is 7.08. The second kappa shape index (κ2) is 5.07. The molecule has 1 saturated heterocycles. The van der Waals surface area contributed by atoms with Crippen LogP contribution in [0.15, 0.2) is 28.7 Å². The molecule has 1 aromatic heterocycles. The molecular weight excluding hydrogens is 294 g/mol. The number of hydrogen-bond donors (Lipinski definition) is 1. The van der Waals surface area contributed by atoms with E-state index in [0.717, 1.165) is 5.39 Å². The number of rotatable bonds is 2. The minimum Gasteiger partial charge on any atom is -0.481 e. The molecule has 0 spiro atoms. The summed E-state index contributed by atoms with van der Waals surface area (Å²) in [4.78, 5) is 25.2. The van der Waals surface area contributed by atoms with Gasteiger partial charge >= 0.3 is 5.97 Å². The molecule has 0 saturated carbocycles. The lowest BCUT2D eigenvalue weighted by Gasteiger charge is -2.22. The van der Waals surface area contributed by atoms with Crippen molar-refractivity contribution in [2.24, 2.45) is 5.92 Å². The van der Waals surface area contributed by atoms with Crippen LogP contribution < -0.4 is 0 Å². The highest BCUT2D eigenvalue weighted by Gasteiger charge is 2.39. The van der Waals surface area contributed by atoms with Crippen LogP contribution in [0.5, 0.6) is 0 Å². The number of hydrogen-bond acceptors (Lipinski definition) is 3. The minimum atomic E-state index is -0.866. The molecule has 2 heterocycles. The average molecular weight is 308 g/mol. The van der Waals surface area contributed by atoms with Crippen molar-refractivity contribution in [3.05, 3.63) is 35.0 Å². The normalized spacial score (nSPS) is 21.9. The Balaban J connectivity index is 1.89. The summed E-state index contributed by atoms with van der Waals surface area (Å²) < 4.78 is 5.54. The summed E-state index contributed by atoms with van der Waals surface area (Å²) in [5.41, 5.74) is 0.587. The number of carbonyl (C=O) groups excluding carboxylic acids is 1. The molecule has 2 unspecified atom stereocenters. The van der Waals surface area contributed by atoms with Crippen LogP contribution in [0.25, 0.3) is 11.0 Å². The molecule has 0 bridgehead atoms. The van der Waals surface area contributed by atoms with Crippen LogP contribution in [-0.4, -0.2) is 34.5 Å². The highest BCUT2D eigenvalue weighted by molar-refractivity contribution is 6.31. The lowest BCUT2D eigenvalue weighted by Crippen LogP contribution is -2.37. The van der Waals surface area contributed by atoms with Gasteiger partial charge in [0.1, 0.15) is 5.58 Å². The van der Waals surface area contributed by atoms with E-state index < -0.39 is 11.9 Å². The molecule has 1 N–H and O–H groups in total. The van der Waals surface area contributed by atoms with Gasteiger partial charge in [-0.15, -0.1) is 0 Å². The number of halogens is 1. The quantitative estimate of drug-likeness (QED) is 0.925. The molecular formula is C15H14ClNO4. The largest absolute Gasteiger partial charge is 0.481 e. The zero-order valence-electron chi connectivity index (χ0n) is 11.4. The number of carboxylic acids is 1. The van der Waals surface area contributed by atoms with Gasteiger partial charge in [0, 0.05) is 23.0 Å². The maximum Gasteiger partial charge on any atom is 0.308 e. The Morgan fingerprint density at radius 3 is 2.81 bits per heavy atom. The number of amides is 1. The van der Waals surface area contributed by atoms with E-state index >= 15 is 0 Å². The lowest BCUT2D eigenvalue weighted by molar-refractivity contribution is -0.142. The van der Waals surface area contributed by atoms with E-state index in [9.17, 15) is 9.59 Å². The van der Waals surface area contributed by atoms with Gasteiger partial charge in [0.2, 0.25) is 0 Å². The fourth-order valence-corrected chi connectivity index (χ4v) is 3.00. The molecule has 2 atom stereocenters. The molecule has 5 nitrogen and oxygen atoms in total. The summed E-state index contributed by atoms with van der Waals surface area (Å²) in [7, 11) is 0. The van der Waals surface area contributed by atoms with Crippen molar-refractivity contribution in [2.75, 3.05) is 6.54 Å². The molecule has 1 fully saturated rings. The van der Waals surface area contributed by atoms with E-state index in [1.165, 1.54) is 0 Å². The fourth-order valence-electron chi connectivity index (χ4n) is 2.82. The topological polar surface area (TPSA) is 70.8 Å². The maximum absolute atomic E-state index is 12.5. The SMILES string of the molecule is CC1C(C(=O)O)CCN1C(=O)c1cc2cc(Cl)ccc2o1. The molecule has 0 radical (unpaired) electrons. The first kappa shape index (κ1) is 13.9. The molecule has 0 aliphatic carbocycles. The van der Waals surface area contributed by atoms with Crippen molar-refractivity contribution in [1.82, 2.24) is 4.90 Å². The number of carbonyl (C=O) groups is 2. The third kappa shape index (κ3) is 2.38. The second-order valence-corrected chi connectivity index (χ2v) is 5.70. The third-order valence-electron chi connectivity index (χ3n) is 4.02. The monoisotopic (exact) mass is 307 g/mol. The van der Waals surface area contributed by atoms with Crippen molar-refractivity contribution >= 4 is 34.4 Å². The molecule has 1 aromatic carbocycles. The van der Waals surface area contributed by atoms with Crippen LogP contribution in [0, 0.1) is 5.92 Å². The number of nitrogens with zero attached hydrogens (tertiary/aromatic N) is 1. The molecule has 1 aliphatic heterocycles. The number of carboxylic acid groups (broad SMARTS) is 1. The Hall–Kier alpha value is -2.01. The van der Waals surface area contributed by atoms with Gasteiger partial charge < -0.3 is 14.4 Å². The van der Waals surface area contributed by atoms with Gasteiger partial charge in [-0.1, -0.05) is 11.6 Å². The van der Waals surface area contributed by atoms with E-state index in [0.29, 0.717) is 23.6 Å². The summed E-state index contributed by atoms with van der Waals surface area (Å²) in [6, 6.07) is 6.43. The third-order valence-corrected chi connectivity index (χ3v) is 4.26. The predicted octanol–water partition coefficient (Wildman–Crippen LogP) is 3.02. The summed E-state index contributed by atoms with van der Waals surface area (Å²) in [6.45, 7) is 2.18. The Labute approximate surface area is 126 Å². The summed E-state index contributed by atoms with van der Waals surface area (Å²) in [5.74, 6) is -1.45. The number of benzene rings is 1. The van der Waals surface area contributed by atoms with Crippen LogP contribution in [0.2, 0.25) is 5.02 Å². The molecule has 1 aliphatic rings. The number of furan rings is 1. The van der Waals surface area contributed by atoms with Gasteiger partial charge in [0.05, 0.1) is 5.92 Å². The first-order valence-electron chi connectivity index (χ1n) is 6.70. The molecule has 21 heavy (non-hydrogen) atoms. The van der Waals surface area contributed by atoms with Gasteiger partial charge in [-0.05, 0) is 37.6 Å². The zero-order chi connectivity index (χ0) is 15.1. The van der Waals surface area contributed by atoms with Crippen molar-refractivity contribution < 1.29 is 19.1 Å². The van der Waals surface area contributed by atoms with E-state index in [2.05, 4.69) is 0 Å². The number of likely N-dealkylation sites (tertiary alicyclic amines) is 1. The Kier molecular flexibility index (Phi) is 3.37. The average Bonchev–Trinajstić information content (AvgIpc) is 3.00. The van der Waals surface area contributed by atoms with Crippen LogP contribution in [0.3, 0.4) is 0 Å². The zero-order valence-corrected chi connectivity index (χ0v) is 12.1. The number of aliphatic carboxylic acids is 1. The highest BCUT2D eigenvalue weighted by Crippen LogP contribution is 2.29. The lowest BCUT2D eigenvalue weighted by atomic mass is 10.0. The van der Waals surface area contributed by atoms with E-state index in [1.54, 1.807) is 36.1 Å². The summed E-state index contributed by atoms with van der Waals surface area (Å²) in [6.07, 6.45) is 0.467. The van der Waals surface area contributed by atoms with Gasteiger partial charge in [-0.25, -0.2) is 0 Å². The molecule has 6 heteroatoms. The standard InChI is InChI=1S/C15H14ClNO4/c1-8-11(15(19)20)4-5-17(8)14(18)13-7-9-6-10(16)2-3-12(9)21-13/h2-3,6-8,11H,4-5H2,1H3,(H,19,20). The molecule has 2 aromatic rings. The first-order chi connectivity index (χ1) is 9.97. The summed E-state index contributed by atoms with van der Waals surface area (Å²) >= 11 is 5.91. The van der Waals surface area contributed by atoms with Crippen molar-refractivity contribution in [2.45, 2.75) is 19.4 Å². The van der Waals surface area contributed by atoms with E-state index in [-0.39, 0.29) is 17.7 Å². The smallest absolute Gasteiger partial charge is 0.308 e. The van der Waals surface area contributed by atoms with Gasteiger partial charge in [0.15, 0.2) is 5.76 Å². The van der Waals surface area contributed by atoms with Crippen LogP contribution in [-0.2, 0) is 4.79 Å². The van der Waals surface area contributed by atoms with Crippen LogP contribution >= 0.6 is 11.6 Å². The Morgan fingerprint density at radius 2 is 2.14 bits per heavy atom. The maximum atomic E-state index is 12.5. The summed E-state index contributed by atoms with van der Waals surface area (Å²) in [5, 5.41) is 10.5. The van der Waals surface area contributed by atoms with Gasteiger partial charge in [-0.2, -0.15) is 0 Å². The van der Waals surface area contributed by atoms with Crippen LogP contribution in [0.1, 0.15) is 23.9 Å². The van der Waals surface area contributed by atoms with Gasteiger partial charge in [-0.3, -0.25) is 9.59 Å². The minimum absolute atomic E-state index is 0.213. The Morgan fingerprint density at radius 1 is 1.38 bits per heavy atom. The van der Waals surface area contributed by atoms with Crippen molar-refractivity contribution in [3.8, 4) is 0 Å². The van der Waals surface area contributed by atoms with E-state index in [1.807, 2.05) is 0 Å². The van der Waals surface area contributed by atoms with Crippen molar-refractivity contribution in [3.63, 3.8) is 0 Å². The molecule has 1 amide bonds. The van der Waals surface area contributed by atoms with Gasteiger partial charge in [0.25, 0.3) is 5.91 Å². The molecule has 110 valence electrons. The second-order valence-electron chi connectivity index (χ2n) is 5.27. The predicted molar refractivity (Wildman–Crippen MR) is 77.5 cm³/mol. The van der Waals surface area contributed by atoms with Crippen molar-refractivity contribution in [1.29, 1.82) is 0 Å². The number of fused-ring (bicyclic) bond motifs is 1. The van der Waals surface area contributed by atoms with E-state index in [4.69, 9.17) is 21.1 Å². The molecule has 3 rings (SSSR count).